The van der Waals surface area contributed by atoms with Gasteiger partial charge in [-0.25, -0.2) is 0 Å². The Labute approximate surface area is 350 Å². The summed E-state index contributed by atoms with van der Waals surface area (Å²) in [6.07, 6.45) is 3.06. The third-order valence-corrected chi connectivity index (χ3v) is 16.9. The second-order valence-corrected chi connectivity index (χ2v) is 19.2. The molecule has 58 heavy (non-hydrogen) atoms. The summed E-state index contributed by atoms with van der Waals surface area (Å²) in [5.74, 6) is -0.0355. The van der Waals surface area contributed by atoms with E-state index in [4.69, 9.17) is 0 Å². The van der Waals surface area contributed by atoms with Crippen LogP contribution in [0.1, 0.15) is 110 Å². The van der Waals surface area contributed by atoms with Gasteiger partial charge in [-0.3, -0.25) is 19.2 Å². The molecule has 0 saturated heterocycles. The van der Waals surface area contributed by atoms with Gasteiger partial charge in [0.05, 0.1) is 49.5 Å². The van der Waals surface area contributed by atoms with Crippen LogP contribution in [0, 0.1) is 6.92 Å². The molecule has 4 aromatic heterocycles. The number of benzene rings is 4. The molecule has 0 spiro atoms. The van der Waals surface area contributed by atoms with Crippen LogP contribution < -0.4 is 0 Å². The molecule has 0 saturated carbocycles. The number of thiophene rings is 4. The summed E-state index contributed by atoms with van der Waals surface area (Å²) in [4.78, 5) is 67.4. The monoisotopic (exact) mass is 828 g/mol. The zero-order valence-electron chi connectivity index (χ0n) is 31.5. The van der Waals surface area contributed by atoms with Gasteiger partial charge < -0.3 is 4.79 Å². The number of aryl methyl sites for hydroxylation is 1. The van der Waals surface area contributed by atoms with E-state index in [0.717, 1.165) is 103 Å². The summed E-state index contributed by atoms with van der Waals surface area (Å²) in [6.45, 7) is 5.22. The second-order valence-electron chi connectivity index (χ2n) is 15.0. The van der Waals surface area contributed by atoms with Crippen molar-refractivity contribution in [2.24, 2.45) is 0 Å². The minimum Gasteiger partial charge on any atom is -0.303 e. The van der Waals surface area contributed by atoms with Crippen molar-refractivity contribution >= 4 is 85.2 Å². The quantitative estimate of drug-likeness (QED) is 0.101. The number of hydrogen-bond donors (Lipinski definition) is 0. The van der Waals surface area contributed by atoms with E-state index >= 15 is 0 Å². The van der Waals surface area contributed by atoms with E-state index < -0.39 is 10.8 Å². The first-order valence-corrected chi connectivity index (χ1v) is 22.0. The average molecular weight is 829 g/mol. The highest BCUT2D eigenvalue weighted by atomic mass is 32.1. The lowest BCUT2D eigenvalue weighted by Gasteiger charge is -2.34. The van der Waals surface area contributed by atoms with Crippen LogP contribution in [0.2, 0.25) is 0 Å². The molecule has 0 amide bonds. The minimum absolute atomic E-state index is 0.0107. The fraction of sp³-hybridized carbons (Fsp3) is 0.122. The molecular formula is C49H32O5S4. The summed E-state index contributed by atoms with van der Waals surface area (Å²) >= 11 is 6.51. The van der Waals surface area contributed by atoms with E-state index in [0.29, 0.717) is 27.3 Å². The normalized spacial score (nSPS) is 17.4. The van der Waals surface area contributed by atoms with Crippen LogP contribution in [0.4, 0.5) is 0 Å². The zero-order chi connectivity index (χ0) is 40.1. The molecule has 0 bridgehead atoms. The van der Waals surface area contributed by atoms with Gasteiger partial charge in [-0.05, 0) is 71.8 Å². The largest absolute Gasteiger partial charge is 0.303 e. The van der Waals surface area contributed by atoms with E-state index in [1.54, 1.807) is 36.5 Å². The highest BCUT2D eigenvalue weighted by Gasteiger charge is 2.55. The van der Waals surface area contributed by atoms with Crippen molar-refractivity contribution in [3.8, 4) is 19.5 Å². The third-order valence-electron chi connectivity index (χ3n) is 11.9. The molecule has 2 atom stereocenters. The average Bonchev–Trinajstić information content (AvgIpc) is 4.07. The number of Topliss-reactive ketones (excluding diaryl/α,β-unsaturated/α-hetero) is 2. The van der Waals surface area contributed by atoms with Crippen molar-refractivity contribution in [3.63, 3.8) is 0 Å². The van der Waals surface area contributed by atoms with Gasteiger partial charge in [-0.2, -0.15) is 0 Å². The molecule has 5 nitrogen and oxygen atoms in total. The highest BCUT2D eigenvalue weighted by molar-refractivity contribution is 7.34. The first-order chi connectivity index (χ1) is 28.1. The molecule has 10 rings (SSSR count). The summed E-state index contributed by atoms with van der Waals surface area (Å²) < 4.78 is 2.25. The molecular weight excluding hydrogens is 797 g/mol. The third kappa shape index (κ3) is 4.94. The van der Waals surface area contributed by atoms with E-state index in [2.05, 4.69) is 55.5 Å². The minimum atomic E-state index is -0.865. The van der Waals surface area contributed by atoms with Crippen molar-refractivity contribution in [3.05, 3.63) is 186 Å². The van der Waals surface area contributed by atoms with E-state index in [-0.39, 0.29) is 11.6 Å². The summed E-state index contributed by atoms with van der Waals surface area (Å²) in [6, 6.07) is 36.7. The van der Waals surface area contributed by atoms with Crippen LogP contribution in [0.25, 0.3) is 28.9 Å². The summed E-state index contributed by atoms with van der Waals surface area (Å²) in [5.41, 5.74) is 9.96. The predicted octanol–water partition coefficient (Wildman–Crippen LogP) is 11.9. The van der Waals surface area contributed by atoms with Crippen molar-refractivity contribution in [2.75, 3.05) is 0 Å². The number of fused-ring (bicyclic) bond motifs is 9. The standard InChI is InChI=1S/C49H32O5S4/c1-26-4-12-32(13-5-26)48(34-16-8-30(9-17-34)27(2)53)38-22-36(24-51)55-42(38)44-40(48)46-47(57-44)41-45(58-46)43-39(23-37(25-52)56-43)49(41,33-14-6-29(7-15-33)20-21-50)35-18-10-31(11-19-35)28(3)54/h4-19,21-25H,20H2,1-3H3. The Balaban J connectivity index is 1.36. The van der Waals surface area contributed by atoms with Crippen LogP contribution in [0.3, 0.4) is 0 Å². The highest BCUT2D eigenvalue weighted by Crippen LogP contribution is 2.69. The maximum atomic E-state index is 12.6. The number of aldehydes is 3. The van der Waals surface area contributed by atoms with Gasteiger partial charge in [0.1, 0.15) is 6.29 Å². The molecule has 0 radical (unpaired) electrons. The van der Waals surface area contributed by atoms with Crippen molar-refractivity contribution < 1.29 is 24.0 Å². The Kier molecular flexibility index (Phi) is 8.48. The predicted molar refractivity (Wildman–Crippen MR) is 235 cm³/mol. The Morgan fingerprint density at radius 3 is 1.26 bits per heavy atom. The van der Waals surface area contributed by atoms with Crippen molar-refractivity contribution in [2.45, 2.75) is 38.0 Å². The molecule has 4 heterocycles. The maximum absolute atomic E-state index is 12.6. The van der Waals surface area contributed by atoms with Gasteiger partial charge in [0.15, 0.2) is 24.1 Å². The fourth-order valence-corrected chi connectivity index (χ4v) is 14.7. The van der Waals surface area contributed by atoms with Gasteiger partial charge >= 0.3 is 0 Å². The van der Waals surface area contributed by atoms with Crippen molar-refractivity contribution in [1.82, 2.24) is 0 Å². The fourth-order valence-electron chi connectivity index (χ4n) is 9.27. The van der Waals surface area contributed by atoms with Crippen LogP contribution in [-0.2, 0) is 22.0 Å². The molecule has 0 N–H and O–H groups in total. The smallest absolute Gasteiger partial charge is 0.160 e. The van der Waals surface area contributed by atoms with Crippen LogP contribution >= 0.6 is 45.3 Å². The van der Waals surface area contributed by atoms with Gasteiger partial charge in [0, 0.05) is 28.7 Å². The van der Waals surface area contributed by atoms with Gasteiger partial charge in [0.25, 0.3) is 0 Å². The molecule has 0 fully saturated rings. The summed E-state index contributed by atoms with van der Waals surface area (Å²) in [7, 11) is 0. The van der Waals surface area contributed by atoms with Crippen molar-refractivity contribution in [1.29, 1.82) is 0 Å². The zero-order valence-corrected chi connectivity index (χ0v) is 34.8. The van der Waals surface area contributed by atoms with E-state index in [1.165, 1.54) is 22.7 Å². The number of rotatable bonds is 10. The number of hydrogen-bond acceptors (Lipinski definition) is 9. The van der Waals surface area contributed by atoms with Crippen LogP contribution in [-0.4, -0.2) is 30.4 Å². The number of carbonyl (C=O) groups excluding carboxylic acids is 5. The van der Waals surface area contributed by atoms with E-state index in [9.17, 15) is 24.0 Å². The maximum Gasteiger partial charge on any atom is 0.160 e. The Morgan fingerprint density at radius 1 is 0.517 bits per heavy atom. The SMILES string of the molecule is CC(=O)c1ccc(C2(c3ccc(C)cc3)c3cc(C=O)sc3-c3sc4c5c(sc4c32)-c2sc(C=O)cc2C5(c2ccc(CC=O)cc2)c2ccc(C(C)=O)cc2)cc1. The number of ketones is 2. The first-order valence-electron chi connectivity index (χ1n) is 18.8. The molecule has 4 aromatic carbocycles. The van der Waals surface area contributed by atoms with Crippen LogP contribution in [0.15, 0.2) is 109 Å². The van der Waals surface area contributed by atoms with Crippen LogP contribution in [0.5, 0.6) is 0 Å². The first kappa shape index (κ1) is 36.6. The second kappa shape index (κ2) is 13.4. The lowest BCUT2D eigenvalue weighted by molar-refractivity contribution is -0.107. The Bertz CT molecular complexity index is 3030. The molecule has 2 aliphatic rings. The molecule has 8 aromatic rings. The van der Waals surface area contributed by atoms with Gasteiger partial charge in [-0.1, -0.05) is 103 Å². The molecule has 0 aliphatic heterocycles. The topological polar surface area (TPSA) is 85.3 Å². The van der Waals surface area contributed by atoms with Gasteiger partial charge in [0.2, 0.25) is 0 Å². The molecule has 2 aliphatic carbocycles. The van der Waals surface area contributed by atoms with Gasteiger partial charge in [-0.15, -0.1) is 45.3 Å². The molecule has 2 unspecified atom stereocenters. The Hall–Kier alpha value is -5.71. The molecule has 9 heteroatoms. The molecule has 282 valence electrons. The Morgan fingerprint density at radius 2 is 0.897 bits per heavy atom. The summed E-state index contributed by atoms with van der Waals surface area (Å²) in [5, 5.41) is 0. The lowest BCUT2D eigenvalue weighted by atomic mass is 9.67. The number of carbonyl (C=O) groups is 5. The van der Waals surface area contributed by atoms with E-state index in [1.807, 2.05) is 60.7 Å². The lowest BCUT2D eigenvalue weighted by Crippen LogP contribution is -2.29.